The van der Waals surface area contributed by atoms with Gasteiger partial charge in [0.2, 0.25) is 0 Å². The number of para-hydroxylation sites is 11. The molecule has 7 nitrogen and oxygen atoms in total. The van der Waals surface area contributed by atoms with Crippen molar-refractivity contribution in [3.8, 4) is 28.5 Å². The molecule has 10 aromatic rings. The molecule has 9 aromatic carbocycles. The second kappa shape index (κ2) is 15.1. The smallest absolute Gasteiger partial charge is 0.168 e. The zero-order valence-corrected chi connectivity index (χ0v) is 34.1. The molecule has 12 rings (SSSR count). The summed E-state index contributed by atoms with van der Waals surface area (Å²) in [5.41, 5.74) is 16.2. The van der Waals surface area contributed by atoms with Crippen molar-refractivity contribution < 1.29 is 0 Å². The van der Waals surface area contributed by atoms with Crippen molar-refractivity contribution in [3.63, 3.8) is 0 Å². The third kappa shape index (κ3) is 6.05. The van der Waals surface area contributed by atoms with Crippen molar-refractivity contribution in [3.05, 3.63) is 237 Å². The molecule has 2 aliphatic heterocycles. The van der Waals surface area contributed by atoms with Crippen LogP contribution in [0.25, 0.3) is 28.5 Å². The van der Waals surface area contributed by atoms with Gasteiger partial charge in [0.1, 0.15) is 0 Å². The Morgan fingerprint density at radius 2 is 0.429 bits per heavy atom. The summed E-state index contributed by atoms with van der Waals surface area (Å²) in [5, 5.41) is 9.76. The van der Waals surface area contributed by atoms with Gasteiger partial charge in [-0.05, 0) is 133 Å². The maximum absolute atomic E-state index is 4.88. The van der Waals surface area contributed by atoms with Gasteiger partial charge in [-0.1, -0.05) is 103 Å². The lowest BCUT2D eigenvalue weighted by Crippen LogP contribution is -2.23. The second-order valence-electron chi connectivity index (χ2n) is 15.6. The molecule has 0 atom stereocenters. The minimum Gasteiger partial charge on any atom is -0.306 e. The number of anilines is 12. The fourth-order valence-electron chi connectivity index (χ4n) is 9.15. The Kier molecular flexibility index (Phi) is 8.67. The summed E-state index contributed by atoms with van der Waals surface area (Å²) in [6.45, 7) is 0. The summed E-state index contributed by atoms with van der Waals surface area (Å²) in [4.78, 5) is 9.38. The largest absolute Gasteiger partial charge is 0.306 e. The molecular weight excluding hydrogens is 771 g/mol. The molecule has 3 heterocycles. The SMILES string of the molecule is c1ccc(N2c3ccccc3N(c3ccc(-c4nnc(-c5ccc(N6c7ccccc7N(c7ccccc7)c7ccccc76)cc5)n4-c4ccccc4)cc3)c3ccccc32)cc1. The van der Waals surface area contributed by atoms with Crippen molar-refractivity contribution in [1.29, 1.82) is 0 Å². The molecule has 0 bridgehead atoms. The molecule has 0 spiro atoms. The number of nitrogens with zero attached hydrogens (tertiary/aromatic N) is 7. The lowest BCUT2D eigenvalue weighted by atomic mass is 10.0. The van der Waals surface area contributed by atoms with Crippen molar-refractivity contribution >= 4 is 68.2 Å². The first-order valence-electron chi connectivity index (χ1n) is 21.2. The number of aromatic nitrogens is 3. The van der Waals surface area contributed by atoms with Crippen molar-refractivity contribution in [2.24, 2.45) is 0 Å². The van der Waals surface area contributed by atoms with Gasteiger partial charge in [-0.15, -0.1) is 10.2 Å². The zero-order chi connectivity index (χ0) is 41.7. The first kappa shape index (κ1) is 36.2. The molecule has 298 valence electrons. The van der Waals surface area contributed by atoms with Crippen LogP contribution < -0.4 is 19.6 Å². The quantitative estimate of drug-likeness (QED) is 0.160. The van der Waals surface area contributed by atoms with Crippen LogP contribution in [0.2, 0.25) is 0 Å². The molecule has 0 amide bonds. The Bertz CT molecular complexity index is 2940. The Hall–Kier alpha value is -8.68. The average molecular weight is 810 g/mol. The van der Waals surface area contributed by atoms with E-state index < -0.39 is 0 Å². The van der Waals surface area contributed by atoms with Crippen LogP contribution in [0.5, 0.6) is 0 Å². The van der Waals surface area contributed by atoms with Crippen LogP contribution in [0.3, 0.4) is 0 Å². The molecule has 1 aromatic heterocycles. The fraction of sp³-hybridized carbons (Fsp3) is 0. The highest BCUT2D eigenvalue weighted by Crippen LogP contribution is 2.55. The van der Waals surface area contributed by atoms with Gasteiger partial charge >= 0.3 is 0 Å². The minimum atomic E-state index is 0.765. The maximum atomic E-state index is 4.88. The van der Waals surface area contributed by atoms with Gasteiger partial charge in [0.05, 0.1) is 45.5 Å². The van der Waals surface area contributed by atoms with Crippen LogP contribution in [0.1, 0.15) is 0 Å². The third-order valence-corrected chi connectivity index (χ3v) is 11.9. The molecule has 0 radical (unpaired) electrons. The summed E-state index contributed by atoms with van der Waals surface area (Å²) >= 11 is 0. The van der Waals surface area contributed by atoms with E-state index in [0.29, 0.717) is 0 Å². The molecular formula is C56H39N7. The number of benzene rings is 9. The van der Waals surface area contributed by atoms with E-state index in [9.17, 15) is 0 Å². The molecule has 0 N–H and O–H groups in total. The highest BCUT2D eigenvalue weighted by atomic mass is 15.3. The molecule has 0 unspecified atom stereocenters. The van der Waals surface area contributed by atoms with Gasteiger partial charge in [0.15, 0.2) is 11.6 Å². The summed E-state index contributed by atoms with van der Waals surface area (Å²) in [6.07, 6.45) is 0. The standard InChI is InChI=1S/C56H39N7/c1-4-18-42(19-5-1)59-47-24-10-14-28-51(47)61(52-29-15-11-25-48(52)59)45-36-32-40(33-37-45)55-57-58-56(63(55)44-22-8-3-9-23-44)41-34-38-46(39-35-41)62-53-30-16-12-26-49(53)60(43-20-6-2-7-21-43)50-27-13-17-31-54(50)62/h1-39H. The third-order valence-electron chi connectivity index (χ3n) is 11.9. The van der Waals surface area contributed by atoms with Crippen LogP contribution >= 0.6 is 0 Å². The Balaban J connectivity index is 0.916. The normalized spacial score (nSPS) is 12.6. The Morgan fingerprint density at radius 3 is 0.698 bits per heavy atom. The molecule has 7 heteroatoms. The number of hydrogen-bond acceptors (Lipinski definition) is 6. The van der Waals surface area contributed by atoms with Crippen LogP contribution in [-0.2, 0) is 0 Å². The van der Waals surface area contributed by atoms with Gasteiger partial charge in [0.25, 0.3) is 0 Å². The van der Waals surface area contributed by atoms with Gasteiger partial charge in [-0.2, -0.15) is 0 Å². The number of rotatable bonds is 7. The summed E-state index contributed by atoms with van der Waals surface area (Å²) in [7, 11) is 0. The Labute approximate surface area is 366 Å². The van der Waals surface area contributed by atoms with Gasteiger partial charge in [-0.25, -0.2) is 0 Å². The lowest BCUT2D eigenvalue weighted by molar-refractivity contribution is 1.07. The fourth-order valence-corrected chi connectivity index (χ4v) is 9.15. The van der Waals surface area contributed by atoms with Gasteiger partial charge in [0, 0.05) is 39.6 Å². The van der Waals surface area contributed by atoms with E-state index in [4.69, 9.17) is 10.2 Å². The monoisotopic (exact) mass is 809 g/mol. The van der Waals surface area contributed by atoms with E-state index in [0.717, 1.165) is 96.7 Å². The first-order valence-corrected chi connectivity index (χ1v) is 21.2. The van der Waals surface area contributed by atoms with E-state index in [1.165, 1.54) is 0 Å². The molecule has 0 fully saturated rings. The van der Waals surface area contributed by atoms with E-state index in [2.05, 4.69) is 255 Å². The Morgan fingerprint density at radius 1 is 0.206 bits per heavy atom. The number of fused-ring (bicyclic) bond motifs is 4. The molecule has 2 aliphatic rings. The average Bonchev–Trinajstić information content (AvgIpc) is 3.81. The first-order chi connectivity index (χ1) is 31.3. The molecule has 0 saturated carbocycles. The lowest BCUT2D eigenvalue weighted by Gasteiger charge is -2.40. The van der Waals surface area contributed by atoms with E-state index in [-0.39, 0.29) is 0 Å². The summed E-state index contributed by atoms with van der Waals surface area (Å²) in [6, 6.07) is 83.3. The van der Waals surface area contributed by atoms with Crippen LogP contribution in [0.4, 0.5) is 68.2 Å². The van der Waals surface area contributed by atoms with Crippen molar-refractivity contribution in [2.45, 2.75) is 0 Å². The molecule has 63 heavy (non-hydrogen) atoms. The van der Waals surface area contributed by atoms with Crippen molar-refractivity contribution in [2.75, 3.05) is 19.6 Å². The van der Waals surface area contributed by atoms with Crippen molar-refractivity contribution in [1.82, 2.24) is 14.8 Å². The predicted molar refractivity (Wildman–Crippen MR) is 258 cm³/mol. The molecule has 0 aliphatic carbocycles. The second-order valence-corrected chi connectivity index (χ2v) is 15.6. The van der Waals surface area contributed by atoms with Crippen LogP contribution in [0.15, 0.2) is 237 Å². The summed E-state index contributed by atoms with van der Waals surface area (Å²) in [5.74, 6) is 1.53. The topological polar surface area (TPSA) is 43.7 Å². The van der Waals surface area contributed by atoms with E-state index >= 15 is 0 Å². The van der Waals surface area contributed by atoms with Gasteiger partial charge in [-0.3, -0.25) is 4.57 Å². The zero-order valence-electron chi connectivity index (χ0n) is 34.1. The van der Waals surface area contributed by atoms with Gasteiger partial charge < -0.3 is 19.6 Å². The minimum absolute atomic E-state index is 0.765. The predicted octanol–water partition coefficient (Wildman–Crippen LogP) is 15.1. The van der Waals surface area contributed by atoms with Crippen LogP contribution in [-0.4, -0.2) is 14.8 Å². The van der Waals surface area contributed by atoms with E-state index in [1.54, 1.807) is 0 Å². The molecule has 0 saturated heterocycles. The van der Waals surface area contributed by atoms with E-state index in [1.807, 2.05) is 6.07 Å². The van der Waals surface area contributed by atoms with Crippen LogP contribution in [0, 0.1) is 0 Å². The maximum Gasteiger partial charge on any atom is 0.168 e. The highest BCUT2D eigenvalue weighted by molar-refractivity contribution is 6.03. The number of hydrogen-bond donors (Lipinski definition) is 0. The highest BCUT2D eigenvalue weighted by Gasteiger charge is 2.32. The summed E-state index contributed by atoms with van der Waals surface area (Å²) < 4.78 is 2.16.